The molecule has 0 aliphatic rings. The van der Waals surface area contributed by atoms with Crippen LogP contribution in [0.4, 0.5) is 0 Å². The predicted molar refractivity (Wildman–Crippen MR) is 68.1 cm³/mol. The molecule has 1 aromatic rings. The molecule has 96 valence electrons. The summed E-state index contributed by atoms with van der Waals surface area (Å²) in [5.74, 6) is 0.690. The van der Waals surface area contributed by atoms with Crippen molar-refractivity contribution in [3.8, 4) is 5.75 Å². The third-order valence-corrected chi connectivity index (χ3v) is 3.27. The Labute approximate surface area is 103 Å². The summed E-state index contributed by atoms with van der Waals surface area (Å²) >= 11 is 0. The van der Waals surface area contributed by atoms with Crippen LogP contribution >= 0.6 is 0 Å². The molecule has 1 aromatic carbocycles. The number of hydrogen-bond donors (Lipinski definition) is 2. The Bertz CT molecular complexity index is 356. The summed E-state index contributed by atoms with van der Waals surface area (Å²) < 4.78 is 5.70. The molecule has 3 heteroatoms. The van der Waals surface area contributed by atoms with Crippen molar-refractivity contribution in [3.05, 3.63) is 29.3 Å². The summed E-state index contributed by atoms with van der Waals surface area (Å²) in [4.78, 5) is 0. The Balaban J connectivity index is 2.81. The van der Waals surface area contributed by atoms with Crippen LogP contribution in [-0.4, -0.2) is 22.4 Å². The van der Waals surface area contributed by atoms with Gasteiger partial charge in [-0.05, 0) is 25.3 Å². The molecule has 0 amide bonds. The highest BCUT2D eigenvalue weighted by molar-refractivity contribution is 5.40. The molecule has 0 radical (unpaired) electrons. The molecule has 0 heterocycles. The van der Waals surface area contributed by atoms with Crippen LogP contribution in [-0.2, 0) is 6.61 Å². The Kier molecular flexibility index (Phi) is 4.97. The van der Waals surface area contributed by atoms with Gasteiger partial charge in [0.15, 0.2) is 0 Å². The molecule has 0 saturated carbocycles. The van der Waals surface area contributed by atoms with E-state index >= 15 is 0 Å². The normalized spacial score (nSPS) is 11.6. The molecule has 3 nitrogen and oxygen atoms in total. The van der Waals surface area contributed by atoms with Crippen LogP contribution in [0.15, 0.2) is 18.2 Å². The molecule has 0 aliphatic carbocycles. The van der Waals surface area contributed by atoms with Crippen molar-refractivity contribution < 1.29 is 14.9 Å². The predicted octanol–water partition coefficient (Wildman–Crippen LogP) is 2.42. The van der Waals surface area contributed by atoms with Gasteiger partial charge in [-0.25, -0.2) is 0 Å². The lowest BCUT2D eigenvalue weighted by Crippen LogP contribution is -2.34. The first kappa shape index (κ1) is 14.0. The van der Waals surface area contributed by atoms with Crippen LogP contribution < -0.4 is 4.74 Å². The fourth-order valence-electron chi connectivity index (χ4n) is 1.70. The van der Waals surface area contributed by atoms with Gasteiger partial charge in [0, 0.05) is 5.56 Å². The van der Waals surface area contributed by atoms with Gasteiger partial charge in [-0.2, -0.15) is 0 Å². The van der Waals surface area contributed by atoms with Crippen molar-refractivity contribution >= 4 is 0 Å². The molecule has 0 saturated heterocycles. The van der Waals surface area contributed by atoms with Crippen molar-refractivity contribution in [1.29, 1.82) is 0 Å². The second-order valence-electron chi connectivity index (χ2n) is 4.44. The van der Waals surface area contributed by atoms with Crippen LogP contribution in [0, 0.1) is 6.92 Å². The van der Waals surface area contributed by atoms with Gasteiger partial charge >= 0.3 is 0 Å². The van der Waals surface area contributed by atoms with Crippen molar-refractivity contribution in [2.24, 2.45) is 0 Å². The van der Waals surface area contributed by atoms with Crippen LogP contribution in [0.25, 0.3) is 0 Å². The van der Waals surface area contributed by atoms with Crippen molar-refractivity contribution in [3.63, 3.8) is 0 Å². The number of benzene rings is 1. The Morgan fingerprint density at radius 1 is 1.24 bits per heavy atom. The highest BCUT2D eigenvalue weighted by atomic mass is 16.5. The smallest absolute Gasteiger partial charge is 0.127 e. The van der Waals surface area contributed by atoms with E-state index in [0.717, 1.165) is 11.1 Å². The van der Waals surface area contributed by atoms with E-state index in [4.69, 9.17) is 4.74 Å². The third kappa shape index (κ3) is 3.45. The monoisotopic (exact) mass is 238 g/mol. The zero-order valence-corrected chi connectivity index (χ0v) is 10.9. The maximum atomic E-state index is 10.2. The molecule has 0 atom stereocenters. The van der Waals surface area contributed by atoms with Crippen LogP contribution in [0.2, 0.25) is 0 Å². The SMILES string of the molecule is CCC(O)(CC)COc1c(C)cccc1CO. The molecular weight excluding hydrogens is 216 g/mol. The highest BCUT2D eigenvalue weighted by Crippen LogP contribution is 2.25. The average molecular weight is 238 g/mol. The van der Waals surface area contributed by atoms with Crippen LogP contribution in [0.5, 0.6) is 5.75 Å². The van der Waals surface area contributed by atoms with Crippen LogP contribution in [0.1, 0.15) is 37.8 Å². The van der Waals surface area contributed by atoms with Gasteiger partial charge in [-0.3, -0.25) is 0 Å². The summed E-state index contributed by atoms with van der Waals surface area (Å²) in [6, 6.07) is 5.66. The van der Waals surface area contributed by atoms with E-state index in [1.807, 2.05) is 39.0 Å². The fraction of sp³-hybridized carbons (Fsp3) is 0.571. The van der Waals surface area contributed by atoms with Gasteiger partial charge in [0.2, 0.25) is 0 Å². The summed E-state index contributed by atoms with van der Waals surface area (Å²) in [6.07, 6.45) is 1.31. The van der Waals surface area contributed by atoms with E-state index in [9.17, 15) is 10.2 Å². The molecule has 2 N–H and O–H groups in total. The van der Waals surface area contributed by atoms with Crippen molar-refractivity contribution in [1.82, 2.24) is 0 Å². The minimum absolute atomic E-state index is 0.0479. The zero-order valence-electron chi connectivity index (χ0n) is 10.9. The standard InChI is InChI=1S/C14H22O3/c1-4-14(16,5-2)10-17-13-11(3)7-6-8-12(13)9-15/h6-8,15-16H,4-5,9-10H2,1-3H3. The van der Waals surface area contributed by atoms with E-state index in [2.05, 4.69) is 0 Å². The number of aryl methyl sites for hydroxylation is 1. The van der Waals surface area contributed by atoms with Gasteiger partial charge in [0.25, 0.3) is 0 Å². The van der Waals surface area contributed by atoms with Gasteiger partial charge in [0.1, 0.15) is 12.4 Å². The molecule has 0 aliphatic heterocycles. The molecule has 1 rings (SSSR count). The van der Waals surface area contributed by atoms with Gasteiger partial charge < -0.3 is 14.9 Å². The van der Waals surface area contributed by atoms with E-state index in [1.165, 1.54) is 0 Å². The molecule has 0 spiro atoms. The second-order valence-corrected chi connectivity index (χ2v) is 4.44. The first-order valence-electron chi connectivity index (χ1n) is 6.11. The first-order valence-corrected chi connectivity index (χ1v) is 6.11. The summed E-state index contributed by atoms with van der Waals surface area (Å²) in [5, 5.41) is 19.4. The van der Waals surface area contributed by atoms with Gasteiger partial charge in [-0.1, -0.05) is 32.0 Å². The molecule has 0 unspecified atom stereocenters. The lowest BCUT2D eigenvalue weighted by molar-refractivity contribution is -0.0120. The minimum atomic E-state index is -0.783. The number of para-hydroxylation sites is 1. The Hall–Kier alpha value is -1.06. The fourth-order valence-corrected chi connectivity index (χ4v) is 1.70. The van der Waals surface area contributed by atoms with Crippen molar-refractivity contribution in [2.45, 2.75) is 45.8 Å². The summed E-state index contributed by atoms with van der Waals surface area (Å²) in [5.41, 5.74) is 0.959. The molecule has 0 fully saturated rings. The lowest BCUT2D eigenvalue weighted by atomic mass is 9.99. The first-order chi connectivity index (χ1) is 8.06. The molecular formula is C14H22O3. The number of aliphatic hydroxyl groups is 2. The van der Waals surface area contributed by atoms with Gasteiger partial charge in [0.05, 0.1) is 12.2 Å². The van der Waals surface area contributed by atoms with Gasteiger partial charge in [-0.15, -0.1) is 0 Å². The Morgan fingerprint density at radius 2 is 1.88 bits per heavy atom. The van der Waals surface area contributed by atoms with Crippen molar-refractivity contribution in [2.75, 3.05) is 6.61 Å². The van der Waals surface area contributed by atoms with Crippen LogP contribution in [0.3, 0.4) is 0 Å². The average Bonchev–Trinajstić information content (AvgIpc) is 2.36. The Morgan fingerprint density at radius 3 is 2.41 bits per heavy atom. The minimum Gasteiger partial charge on any atom is -0.490 e. The number of aliphatic hydroxyl groups excluding tert-OH is 1. The van der Waals surface area contributed by atoms with E-state index in [-0.39, 0.29) is 13.2 Å². The maximum Gasteiger partial charge on any atom is 0.127 e. The maximum absolute atomic E-state index is 10.2. The van der Waals surface area contributed by atoms with E-state index in [1.54, 1.807) is 0 Å². The summed E-state index contributed by atoms with van der Waals surface area (Å²) in [6.45, 7) is 6.03. The molecule has 0 aromatic heterocycles. The largest absolute Gasteiger partial charge is 0.490 e. The number of ether oxygens (including phenoxy) is 1. The number of hydrogen-bond acceptors (Lipinski definition) is 3. The topological polar surface area (TPSA) is 49.7 Å². The lowest BCUT2D eigenvalue weighted by Gasteiger charge is -2.26. The zero-order chi connectivity index (χ0) is 12.9. The molecule has 17 heavy (non-hydrogen) atoms. The summed E-state index contributed by atoms with van der Waals surface area (Å²) in [7, 11) is 0. The number of rotatable bonds is 6. The third-order valence-electron chi connectivity index (χ3n) is 3.27. The quantitative estimate of drug-likeness (QED) is 0.800. The van der Waals surface area contributed by atoms with E-state index < -0.39 is 5.60 Å². The van der Waals surface area contributed by atoms with E-state index in [0.29, 0.717) is 18.6 Å². The second kappa shape index (κ2) is 6.03. The molecule has 0 bridgehead atoms. The highest BCUT2D eigenvalue weighted by Gasteiger charge is 2.23.